The van der Waals surface area contributed by atoms with Gasteiger partial charge in [0.2, 0.25) is 0 Å². The van der Waals surface area contributed by atoms with E-state index in [0.29, 0.717) is 18.3 Å². The average Bonchev–Trinajstić information content (AvgIpc) is 3.20. The first kappa shape index (κ1) is 19.3. The van der Waals surface area contributed by atoms with Crippen LogP contribution in [0.2, 0.25) is 0 Å². The summed E-state index contributed by atoms with van der Waals surface area (Å²) in [6.45, 7) is 3.57. The number of anilines is 2. The molecule has 1 aliphatic heterocycles. The van der Waals surface area contributed by atoms with Crippen molar-refractivity contribution < 1.29 is 17.6 Å². The van der Waals surface area contributed by atoms with E-state index < -0.39 is 34.2 Å². The Bertz CT molecular complexity index is 1120. The van der Waals surface area contributed by atoms with Gasteiger partial charge in [0.25, 0.3) is 0 Å². The fourth-order valence-electron chi connectivity index (χ4n) is 3.60. The average molecular weight is 403 g/mol. The molecule has 1 aromatic heterocycles. The first-order chi connectivity index (χ1) is 13.9. The summed E-state index contributed by atoms with van der Waals surface area (Å²) in [7, 11) is 0. The molecule has 152 valence electrons. The van der Waals surface area contributed by atoms with Crippen molar-refractivity contribution in [2.75, 3.05) is 37.2 Å². The van der Waals surface area contributed by atoms with Gasteiger partial charge in [-0.25, -0.2) is 13.2 Å². The molecule has 3 aromatic rings. The molecule has 0 atom stereocenters. The van der Waals surface area contributed by atoms with Gasteiger partial charge in [-0.2, -0.15) is 0 Å². The molecule has 8 heteroatoms. The molecule has 5 nitrogen and oxygen atoms in total. The molecular formula is C21H20F3N3O2. The van der Waals surface area contributed by atoms with Crippen molar-refractivity contribution in [1.29, 1.82) is 0 Å². The van der Waals surface area contributed by atoms with Gasteiger partial charge >= 0.3 is 0 Å². The minimum Gasteiger partial charge on any atom is -0.453 e. The van der Waals surface area contributed by atoms with Crippen molar-refractivity contribution in [2.24, 2.45) is 0 Å². The van der Waals surface area contributed by atoms with E-state index in [4.69, 9.17) is 10.2 Å². The molecule has 3 N–H and O–H groups in total. The van der Waals surface area contributed by atoms with E-state index in [9.17, 15) is 18.0 Å². The number of nitrogens with zero attached hydrogens (tertiary/aromatic N) is 1. The predicted molar refractivity (Wildman–Crippen MR) is 106 cm³/mol. The van der Waals surface area contributed by atoms with Gasteiger partial charge in [-0.3, -0.25) is 4.79 Å². The first-order valence-corrected chi connectivity index (χ1v) is 9.41. The highest BCUT2D eigenvalue weighted by Gasteiger charge is 2.18. The summed E-state index contributed by atoms with van der Waals surface area (Å²) in [5.74, 6) is -2.64. The van der Waals surface area contributed by atoms with Gasteiger partial charge in [-0.05, 0) is 44.1 Å². The Kier molecular flexibility index (Phi) is 5.19. The molecule has 2 aromatic carbocycles. The molecule has 1 saturated heterocycles. The number of halogens is 3. The van der Waals surface area contributed by atoms with Crippen LogP contribution < -0.4 is 16.5 Å². The number of nitrogens with one attached hydrogen (secondary N) is 1. The molecule has 0 amide bonds. The summed E-state index contributed by atoms with van der Waals surface area (Å²) in [6, 6.07) is 5.91. The maximum atomic E-state index is 14.5. The summed E-state index contributed by atoms with van der Waals surface area (Å²) in [4.78, 5) is 14.6. The van der Waals surface area contributed by atoms with E-state index in [1.807, 2.05) is 0 Å². The van der Waals surface area contributed by atoms with Crippen molar-refractivity contribution >= 4 is 22.3 Å². The Morgan fingerprint density at radius 3 is 2.52 bits per heavy atom. The number of benzene rings is 2. The molecule has 0 radical (unpaired) electrons. The van der Waals surface area contributed by atoms with Crippen LogP contribution in [-0.2, 0) is 0 Å². The van der Waals surface area contributed by atoms with Gasteiger partial charge in [0.1, 0.15) is 17.4 Å². The van der Waals surface area contributed by atoms with Crippen LogP contribution in [0.1, 0.15) is 12.8 Å². The predicted octanol–water partition coefficient (Wildman–Crippen LogP) is 3.97. The van der Waals surface area contributed by atoms with E-state index in [0.717, 1.165) is 25.7 Å². The zero-order valence-corrected chi connectivity index (χ0v) is 15.6. The summed E-state index contributed by atoms with van der Waals surface area (Å²) in [6.07, 6.45) is 2.39. The van der Waals surface area contributed by atoms with Crippen LogP contribution in [0, 0.1) is 17.5 Å². The van der Waals surface area contributed by atoms with Crippen LogP contribution in [0.15, 0.2) is 39.5 Å². The Morgan fingerprint density at radius 1 is 1.03 bits per heavy atom. The number of likely N-dealkylation sites (tertiary alicyclic amines) is 1. The third kappa shape index (κ3) is 3.80. The minimum absolute atomic E-state index is 0.0325. The van der Waals surface area contributed by atoms with Crippen LogP contribution >= 0.6 is 0 Å². The molecule has 0 spiro atoms. The molecule has 0 aliphatic carbocycles. The van der Waals surface area contributed by atoms with Gasteiger partial charge in [-0.15, -0.1) is 0 Å². The van der Waals surface area contributed by atoms with Crippen molar-refractivity contribution in [1.82, 2.24) is 4.90 Å². The largest absolute Gasteiger partial charge is 0.453 e. The molecule has 2 heterocycles. The Labute approximate surface area is 164 Å². The zero-order valence-electron chi connectivity index (χ0n) is 15.6. The third-order valence-electron chi connectivity index (χ3n) is 5.14. The van der Waals surface area contributed by atoms with Crippen LogP contribution in [0.25, 0.3) is 22.3 Å². The molecule has 1 fully saturated rings. The standard InChI is InChI=1S/C21H20F3N3O2/c22-13-9-12(3-4-16(13)26-5-8-27-6-1-2-7-27)18-11-17(28)19-20(25)14(23)10-15(24)21(19)29-18/h3-4,9-11,26H,1-2,5-8,25H2. The van der Waals surface area contributed by atoms with Gasteiger partial charge < -0.3 is 20.4 Å². The summed E-state index contributed by atoms with van der Waals surface area (Å²) in [5.41, 5.74) is 4.48. The van der Waals surface area contributed by atoms with Crippen molar-refractivity contribution in [2.45, 2.75) is 12.8 Å². The molecular weight excluding hydrogens is 383 g/mol. The smallest absolute Gasteiger partial charge is 0.195 e. The number of nitrogen functional groups attached to an aromatic ring is 1. The number of hydrogen-bond donors (Lipinski definition) is 2. The van der Waals surface area contributed by atoms with Crippen molar-refractivity contribution in [3.63, 3.8) is 0 Å². The number of nitrogens with two attached hydrogens (primary N) is 1. The van der Waals surface area contributed by atoms with Gasteiger partial charge in [0.05, 0.1) is 16.8 Å². The molecule has 0 saturated carbocycles. The topological polar surface area (TPSA) is 71.5 Å². The van der Waals surface area contributed by atoms with Gasteiger partial charge in [-0.1, -0.05) is 0 Å². The second-order valence-corrected chi connectivity index (χ2v) is 7.10. The van der Waals surface area contributed by atoms with E-state index in [-0.39, 0.29) is 16.7 Å². The van der Waals surface area contributed by atoms with E-state index >= 15 is 0 Å². The maximum absolute atomic E-state index is 14.5. The second-order valence-electron chi connectivity index (χ2n) is 7.10. The van der Waals surface area contributed by atoms with E-state index in [1.54, 1.807) is 6.07 Å². The lowest BCUT2D eigenvalue weighted by molar-refractivity contribution is 0.352. The third-order valence-corrected chi connectivity index (χ3v) is 5.14. The molecule has 1 aliphatic rings. The van der Waals surface area contributed by atoms with Gasteiger partial charge in [0.15, 0.2) is 16.8 Å². The fourth-order valence-corrected chi connectivity index (χ4v) is 3.60. The highest BCUT2D eigenvalue weighted by atomic mass is 19.1. The Balaban J connectivity index is 1.60. The van der Waals surface area contributed by atoms with Crippen LogP contribution in [0.4, 0.5) is 24.5 Å². The zero-order chi connectivity index (χ0) is 20.5. The molecule has 0 unspecified atom stereocenters. The monoisotopic (exact) mass is 403 g/mol. The van der Waals surface area contributed by atoms with Crippen LogP contribution in [0.5, 0.6) is 0 Å². The normalized spacial score (nSPS) is 14.6. The summed E-state index contributed by atoms with van der Waals surface area (Å²) >= 11 is 0. The number of hydrogen-bond acceptors (Lipinski definition) is 5. The fraction of sp³-hybridized carbons (Fsp3) is 0.286. The number of rotatable bonds is 5. The first-order valence-electron chi connectivity index (χ1n) is 9.41. The SMILES string of the molecule is Nc1c(F)cc(F)c2oc(-c3ccc(NCCN4CCCC4)c(F)c3)cc(=O)c12. The highest BCUT2D eigenvalue weighted by Crippen LogP contribution is 2.30. The second kappa shape index (κ2) is 7.79. The van der Waals surface area contributed by atoms with E-state index in [1.165, 1.54) is 25.0 Å². The molecule has 4 rings (SSSR count). The Hall–Kier alpha value is -3.00. The lowest BCUT2D eigenvalue weighted by atomic mass is 10.1. The van der Waals surface area contributed by atoms with Crippen molar-refractivity contribution in [3.8, 4) is 11.3 Å². The highest BCUT2D eigenvalue weighted by molar-refractivity contribution is 5.90. The van der Waals surface area contributed by atoms with Crippen molar-refractivity contribution in [3.05, 3.63) is 58.0 Å². The number of fused-ring (bicyclic) bond motifs is 1. The van der Waals surface area contributed by atoms with Crippen LogP contribution in [-0.4, -0.2) is 31.1 Å². The van der Waals surface area contributed by atoms with Crippen LogP contribution in [0.3, 0.4) is 0 Å². The lowest BCUT2D eigenvalue weighted by Gasteiger charge is -2.16. The quantitative estimate of drug-likeness (QED) is 0.631. The molecule has 29 heavy (non-hydrogen) atoms. The Morgan fingerprint density at radius 2 is 1.79 bits per heavy atom. The lowest BCUT2D eigenvalue weighted by Crippen LogP contribution is -2.26. The minimum atomic E-state index is -1.05. The summed E-state index contributed by atoms with van der Waals surface area (Å²) in [5, 5.41) is 2.69. The maximum Gasteiger partial charge on any atom is 0.195 e. The van der Waals surface area contributed by atoms with E-state index in [2.05, 4.69) is 10.2 Å². The summed E-state index contributed by atoms with van der Waals surface area (Å²) < 4.78 is 47.6. The molecule has 0 bridgehead atoms. The van der Waals surface area contributed by atoms with Gasteiger partial charge in [0, 0.05) is 30.8 Å².